The van der Waals surface area contributed by atoms with E-state index >= 15 is 0 Å². The number of benzene rings is 1. The average Bonchev–Trinajstić information content (AvgIpc) is 2.44. The van der Waals surface area contributed by atoms with Crippen LogP contribution in [0.3, 0.4) is 0 Å². The van der Waals surface area contributed by atoms with E-state index in [1.54, 1.807) is 6.08 Å². The number of carbonyl (C=O) groups is 2. The lowest BCUT2D eigenvalue weighted by Gasteiger charge is -2.40. The first-order chi connectivity index (χ1) is 10.8. The molecule has 0 heterocycles. The zero-order valence-electron chi connectivity index (χ0n) is 14.2. The zero-order chi connectivity index (χ0) is 17.1. The molecule has 0 atom stereocenters. The van der Waals surface area contributed by atoms with Gasteiger partial charge in [-0.3, -0.25) is 9.59 Å². The lowest BCUT2D eigenvalue weighted by atomic mass is 9.64. The number of hydrogen-bond acceptors (Lipinski definition) is 2. The van der Waals surface area contributed by atoms with Gasteiger partial charge in [-0.15, -0.1) is 6.58 Å². The van der Waals surface area contributed by atoms with E-state index in [-0.39, 0.29) is 11.8 Å². The Labute approximate surface area is 138 Å². The molecule has 0 unspecified atom stereocenters. The lowest BCUT2D eigenvalue weighted by molar-refractivity contribution is -0.129. The Bertz CT molecular complexity index is 593. The van der Waals surface area contributed by atoms with Gasteiger partial charge < -0.3 is 10.6 Å². The van der Waals surface area contributed by atoms with Crippen LogP contribution < -0.4 is 10.6 Å². The molecule has 124 valence electrons. The van der Waals surface area contributed by atoms with E-state index in [0.29, 0.717) is 6.54 Å². The van der Waals surface area contributed by atoms with Crippen molar-refractivity contribution in [2.24, 2.45) is 5.41 Å². The summed E-state index contributed by atoms with van der Waals surface area (Å²) in [6.45, 7) is 9.76. The highest BCUT2D eigenvalue weighted by Gasteiger charge is 2.45. The molecule has 0 saturated heterocycles. The average molecular weight is 314 g/mol. The molecule has 1 aliphatic carbocycles. The first-order valence-corrected chi connectivity index (χ1v) is 8.11. The van der Waals surface area contributed by atoms with Crippen LogP contribution in [0.5, 0.6) is 0 Å². The Balaban J connectivity index is 2.13. The topological polar surface area (TPSA) is 58.2 Å². The largest absolute Gasteiger partial charge is 0.352 e. The fourth-order valence-electron chi connectivity index (χ4n) is 2.70. The fraction of sp³-hybridized carbons (Fsp3) is 0.474. The Kier molecular flexibility index (Phi) is 4.93. The minimum absolute atomic E-state index is 0.0210. The number of nitrogens with one attached hydrogen (secondary N) is 2. The second kappa shape index (κ2) is 6.57. The molecule has 2 amide bonds. The highest BCUT2D eigenvalue weighted by molar-refractivity contribution is 5.94. The van der Waals surface area contributed by atoms with Crippen LogP contribution >= 0.6 is 0 Å². The third-order valence-corrected chi connectivity index (χ3v) is 4.43. The third-order valence-electron chi connectivity index (χ3n) is 4.43. The Hall–Kier alpha value is -2.10. The summed E-state index contributed by atoms with van der Waals surface area (Å²) >= 11 is 0. The van der Waals surface area contributed by atoms with Gasteiger partial charge in [0.1, 0.15) is 0 Å². The second-order valence-electron chi connectivity index (χ2n) is 7.22. The molecule has 0 aliphatic heterocycles. The summed E-state index contributed by atoms with van der Waals surface area (Å²) in [5, 5.41) is 5.82. The Morgan fingerprint density at radius 1 is 1.22 bits per heavy atom. The number of amides is 2. The van der Waals surface area contributed by atoms with Gasteiger partial charge in [0.25, 0.3) is 0 Å². The maximum atomic E-state index is 12.5. The van der Waals surface area contributed by atoms with Crippen LogP contribution in [-0.4, -0.2) is 18.4 Å². The predicted molar refractivity (Wildman–Crippen MR) is 93.3 cm³/mol. The lowest BCUT2D eigenvalue weighted by Crippen LogP contribution is -2.49. The van der Waals surface area contributed by atoms with E-state index in [2.05, 4.69) is 17.2 Å². The molecular weight excluding hydrogens is 288 g/mol. The van der Waals surface area contributed by atoms with Crippen molar-refractivity contribution in [2.75, 3.05) is 11.9 Å². The molecule has 1 aromatic rings. The van der Waals surface area contributed by atoms with Gasteiger partial charge in [0, 0.05) is 17.6 Å². The van der Waals surface area contributed by atoms with Crippen molar-refractivity contribution in [3.8, 4) is 0 Å². The van der Waals surface area contributed by atoms with Gasteiger partial charge in [0.15, 0.2) is 0 Å². The molecule has 1 saturated carbocycles. The maximum Gasteiger partial charge on any atom is 0.230 e. The summed E-state index contributed by atoms with van der Waals surface area (Å²) in [6, 6.07) is 7.65. The van der Waals surface area contributed by atoms with E-state index in [1.807, 2.05) is 45.0 Å². The van der Waals surface area contributed by atoms with Crippen molar-refractivity contribution in [1.29, 1.82) is 0 Å². The Morgan fingerprint density at radius 3 is 2.26 bits per heavy atom. The van der Waals surface area contributed by atoms with E-state index in [1.165, 1.54) is 0 Å². The monoisotopic (exact) mass is 314 g/mol. The molecule has 2 N–H and O–H groups in total. The standard InChI is InChI=1S/C19H26N2O2/c1-5-13-20-17(23)19(11-6-12-19)14-7-9-15(10-8-14)21-16(22)18(2,3)4/h5,7-10H,1,6,11-13H2,2-4H3,(H,20,23)(H,21,22). The molecule has 0 spiro atoms. The summed E-state index contributed by atoms with van der Waals surface area (Å²) in [4.78, 5) is 24.5. The minimum Gasteiger partial charge on any atom is -0.352 e. The smallest absolute Gasteiger partial charge is 0.230 e. The maximum absolute atomic E-state index is 12.5. The van der Waals surface area contributed by atoms with E-state index in [4.69, 9.17) is 0 Å². The van der Waals surface area contributed by atoms with Crippen LogP contribution in [0.15, 0.2) is 36.9 Å². The summed E-state index contributed by atoms with van der Waals surface area (Å²) in [6.07, 6.45) is 4.48. The molecular formula is C19H26N2O2. The van der Waals surface area contributed by atoms with Crippen molar-refractivity contribution < 1.29 is 9.59 Å². The first-order valence-electron chi connectivity index (χ1n) is 8.11. The zero-order valence-corrected chi connectivity index (χ0v) is 14.2. The minimum atomic E-state index is -0.432. The van der Waals surface area contributed by atoms with Crippen LogP contribution in [0.4, 0.5) is 5.69 Å². The molecule has 23 heavy (non-hydrogen) atoms. The van der Waals surface area contributed by atoms with Gasteiger partial charge >= 0.3 is 0 Å². The first kappa shape index (κ1) is 17.3. The molecule has 0 radical (unpaired) electrons. The van der Waals surface area contributed by atoms with Gasteiger partial charge in [-0.2, -0.15) is 0 Å². The highest BCUT2D eigenvalue weighted by Crippen LogP contribution is 2.44. The van der Waals surface area contributed by atoms with Crippen LogP contribution in [0, 0.1) is 5.41 Å². The van der Waals surface area contributed by atoms with Gasteiger partial charge in [-0.05, 0) is 30.5 Å². The molecule has 1 fully saturated rings. The summed E-state index contributed by atoms with van der Waals surface area (Å²) in [5.74, 6) is 0.0439. The molecule has 0 bridgehead atoms. The summed E-state index contributed by atoms with van der Waals surface area (Å²) < 4.78 is 0. The van der Waals surface area contributed by atoms with Crippen molar-refractivity contribution >= 4 is 17.5 Å². The number of carbonyl (C=O) groups excluding carboxylic acids is 2. The fourth-order valence-corrected chi connectivity index (χ4v) is 2.70. The number of anilines is 1. The van der Waals surface area contributed by atoms with Crippen LogP contribution in [0.25, 0.3) is 0 Å². The molecule has 4 heteroatoms. The molecule has 2 rings (SSSR count). The van der Waals surface area contributed by atoms with E-state index < -0.39 is 10.8 Å². The van der Waals surface area contributed by atoms with E-state index in [0.717, 1.165) is 30.5 Å². The van der Waals surface area contributed by atoms with Gasteiger partial charge in [-0.1, -0.05) is 45.4 Å². The SMILES string of the molecule is C=CCNC(=O)C1(c2ccc(NC(=O)C(C)(C)C)cc2)CCC1. The van der Waals surface area contributed by atoms with Crippen molar-refractivity contribution in [3.05, 3.63) is 42.5 Å². The normalized spacial score (nSPS) is 16.1. The summed E-state index contributed by atoms with van der Waals surface area (Å²) in [5.41, 5.74) is 0.919. The van der Waals surface area contributed by atoms with Crippen molar-refractivity contribution in [1.82, 2.24) is 5.32 Å². The van der Waals surface area contributed by atoms with Crippen molar-refractivity contribution in [3.63, 3.8) is 0 Å². The molecule has 4 nitrogen and oxygen atoms in total. The third kappa shape index (κ3) is 3.63. The van der Waals surface area contributed by atoms with Crippen molar-refractivity contribution in [2.45, 2.75) is 45.4 Å². The van der Waals surface area contributed by atoms with E-state index in [9.17, 15) is 9.59 Å². The predicted octanol–water partition coefficient (Wildman–Crippen LogP) is 3.40. The van der Waals surface area contributed by atoms with Gasteiger partial charge in [-0.25, -0.2) is 0 Å². The quantitative estimate of drug-likeness (QED) is 0.818. The second-order valence-corrected chi connectivity index (χ2v) is 7.22. The number of hydrogen-bond donors (Lipinski definition) is 2. The molecule has 1 aliphatic rings. The van der Waals surface area contributed by atoms with Crippen LogP contribution in [-0.2, 0) is 15.0 Å². The molecule has 1 aromatic carbocycles. The number of rotatable bonds is 5. The van der Waals surface area contributed by atoms with Crippen LogP contribution in [0.1, 0.15) is 45.6 Å². The Morgan fingerprint density at radius 2 is 1.83 bits per heavy atom. The molecule has 0 aromatic heterocycles. The van der Waals surface area contributed by atoms with Gasteiger partial charge in [0.05, 0.1) is 5.41 Å². The highest BCUT2D eigenvalue weighted by atomic mass is 16.2. The summed E-state index contributed by atoms with van der Waals surface area (Å²) in [7, 11) is 0. The van der Waals surface area contributed by atoms with Crippen LogP contribution in [0.2, 0.25) is 0 Å². The van der Waals surface area contributed by atoms with Gasteiger partial charge in [0.2, 0.25) is 11.8 Å².